The fraction of sp³-hybridized carbons (Fsp3) is 0.474. The normalized spacial score (nSPS) is 14.4. The summed E-state index contributed by atoms with van der Waals surface area (Å²) in [6.07, 6.45) is 1.23. The van der Waals surface area contributed by atoms with Gasteiger partial charge in [0.1, 0.15) is 5.75 Å². The molecule has 0 bridgehead atoms. The van der Waals surface area contributed by atoms with Crippen LogP contribution >= 0.6 is 0 Å². The van der Waals surface area contributed by atoms with Gasteiger partial charge in [0.05, 0.1) is 6.10 Å². The van der Waals surface area contributed by atoms with Gasteiger partial charge in [-0.15, -0.1) is 0 Å². The van der Waals surface area contributed by atoms with Crippen LogP contribution in [-0.2, 0) is 0 Å². The van der Waals surface area contributed by atoms with Crippen LogP contribution in [-0.4, -0.2) is 12.1 Å². The van der Waals surface area contributed by atoms with Gasteiger partial charge in [0.2, 0.25) is 0 Å². The lowest BCUT2D eigenvalue weighted by molar-refractivity contribution is 0.216. The van der Waals surface area contributed by atoms with E-state index < -0.39 is 0 Å². The number of hydrogen-bond donors (Lipinski definition) is 1. The summed E-state index contributed by atoms with van der Waals surface area (Å²) in [4.78, 5) is 0. The zero-order chi connectivity index (χ0) is 15.4. The predicted molar refractivity (Wildman–Crippen MR) is 91.0 cm³/mol. The van der Waals surface area contributed by atoms with E-state index in [4.69, 9.17) is 4.74 Å². The summed E-state index contributed by atoms with van der Waals surface area (Å²) in [6.45, 7) is 10.8. The molecular weight excluding hydrogens is 258 g/mol. The van der Waals surface area contributed by atoms with E-state index in [1.54, 1.807) is 0 Å². The van der Waals surface area contributed by atoms with Crippen LogP contribution in [0.4, 0.5) is 0 Å². The first kappa shape index (κ1) is 15.8. The molecule has 0 saturated carbocycles. The molecule has 0 fully saturated rings. The summed E-state index contributed by atoms with van der Waals surface area (Å²) >= 11 is 0. The Morgan fingerprint density at radius 1 is 1.00 bits per heavy atom. The first-order chi connectivity index (χ1) is 10.0. The molecule has 2 unspecified atom stereocenters. The maximum Gasteiger partial charge on any atom is 0.132 e. The van der Waals surface area contributed by atoms with Gasteiger partial charge < -0.3 is 10.1 Å². The summed E-state index contributed by atoms with van der Waals surface area (Å²) in [6, 6.07) is 13.5. The smallest absolute Gasteiger partial charge is 0.132 e. The van der Waals surface area contributed by atoms with E-state index in [1.807, 2.05) is 0 Å². The van der Waals surface area contributed by atoms with E-state index in [1.165, 1.54) is 16.3 Å². The van der Waals surface area contributed by atoms with E-state index in [0.717, 1.165) is 12.2 Å². The third kappa shape index (κ3) is 3.76. The Morgan fingerprint density at radius 3 is 2.38 bits per heavy atom. The Hall–Kier alpha value is -1.54. The van der Waals surface area contributed by atoms with Gasteiger partial charge in [-0.2, -0.15) is 0 Å². The fourth-order valence-corrected chi connectivity index (χ4v) is 2.61. The van der Waals surface area contributed by atoms with Crippen molar-refractivity contribution < 1.29 is 4.74 Å². The van der Waals surface area contributed by atoms with E-state index >= 15 is 0 Å². The van der Waals surface area contributed by atoms with Crippen LogP contribution in [0.3, 0.4) is 0 Å². The van der Waals surface area contributed by atoms with Crippen LogP contribution < -0.4 is 10.1 Å². The van der Waals surface area contributed by atoms with E-state index in [-0.39, 0.29) is 12.1 Å². The molecule has 1 N–H and O–H groups in total. The molecule has 0 saturated heterocycles. The number of benzene rings is 2. The van der Waals surface area contributed by atoms with Crippen molar-refractivity contribution in [2.75, 3.05) is 0 Å². The van der Waals surface area contributed by atoms with Crippen LogP contribution in [0.5, 0.6) is 5.75 Å². The highest BCUT2D eigenvalue weighted by molar-refractivity contribution is 5.89. The second kappa shape index (κ2) is 6.95. The minimum absolute atomic E-state index is 0.223. The third-order valence-corrected chi connectivity index (χ3v) is 3.85. The van der Waals surface area contributed by atoms with E-state index in [0.29, 0.717) is 6.04 Å². The predicted octanol–water partition coefficient (Wildman–Crippen LogP) is 5.08. The fourth-order valence-electron chi connectivity index (χ4n) is 2.61. The Bertz CT molecular complexity index is 591. The molecule has 2 nitrogen and oxygen atoms in total. The molecule has 0 aliphatic rings. The number of hydrogen-bond acceptors (Lipinski definition) is 2. The molecule has 114 valence electrons. The number of rotatable bonds is 6. The first-order valence-electron chi connectivity index (χ1n) is 7.97. The highest BCUT2D eigenvalue weighted by Gasteiger charge is 2.17. The van der Waals surface area contributed by atoms with Gasteiger partial charge in [-0.05, 0) is 25.7 Å². The summed E-state index contributed by atoms with van der Waals surface area (Å²) in [5.74, 6) is 1.03. The highest BCUT2D eigenvalue weighted by Crippen LogP contribution is 2.34. The maximum atomic E-state index is 6.27. The lowest BCUT2D eigenvalue weighted by atomic mass is 10.00. The largest absolute Gasteiger partial charge is 0.490 e. The highest BCUT2D eigenvalue weighted by atomic mass is 16.5. The van der Waals surface area contributed by atoms with Crippen molar-refractivity contribution >= 4 is 10.8 Å². The molecule has 2 heteroatoms. The van der Waals surface area contributed by atoms with Crippen molar-refractivity contribution in [2.45, 2.75) is 59.2 Å². The molecule has 0 amide bonds. The standard InChI is InChI=1S/C19H27NO/c1-6-14(4)21-19-17(15(5)20-13(2)3)12-11-16-9-7-8-10-18(16)19/h7-15,20H,6H2,1-5H3. The van der Waals surface area contributed by atoms with E-state index in [9.17, 15) is 0 Å². The van der Waals surface area contributed by atoms with Gasteiger partial charge in [-0.3, -0.25) is 0 Å². The molecule has 0 aromatic heterocycles. The zero-order valence-electron chi connectivity index (χ0n) is 13.8. The molecule has 0 heterocycles. The molecule has 2 aromatic rings. The Morgan fingerprint density at radius 2 is 1.71 bits per heavy atom. The molecule has 0 spiro atoms. The van der Waals surface area contributed by atoms with Gasteiger partial charge >= 0.3 is 0 Å². The van der Waals surface area contributed by atoms with Crippen molar-refractivity contribution in [2.24, 2.45) is 0 Å². The zero-order valence-corrected chi connectivity index (χ0v) is 13.8. The molecule has 2 rings (SSSR count). The number of ether oxygens (including phenoxy) is 1. The molecule has 0 radical (unpaired) electrons. The molecule has 0 aliphatic carbocycles. The summed E-state index contributed by atoms with van der Waals surface area (Å²) < 4.78 is 6.27. The first-order valence-corrected chi connectivity index (χ1v) is 7.97. The average Bonchev–Trinajstić information content (AvgIpc) is 2.46. The van der Waals surface area contributed by atoms with Crippen molar-refractivity contribution in [3.63, 3.8) is 0 Å². The topological polar surface area (TPSA) is 21.3 Å². The lowest BCUT2D eigenvalue weighted by Gasteiger charge is -2.24. The monoisotopic (exact) mass is 285 g/mol. The summed E-state index contributed by atoms with van der Waals surface area (Å²) in [5, 5.41) is 6.01. The van der Waals surface area contributed by atoms with Gasteiger partial charge in [0, 0.05) is 23.0 Å². The van der Waals surface area contributed by atoms with Crippen LogP contribution in [0.2, 0.25) is 0 Å². The number of nitrogens with one attached hydrogen (secondary N) is 1. The summed E-state index contributed by atoms with van der Waals surface area (Å²) in [7, 11) is 0. The van der Waals surface area contributed by atoms with Crippen LogP contribution in [0, 0.1) is 0 Å². The minimum Gasteiger partial charge on any atom is -0.490 e. The van der Waals surface area contributed by atoms with Crippen molar-refractivity contribution in [1.29, 1.82) is 0 Å². The number of fused-ring (bicyclic) bond motifs is 1. The third-order valence-electron chi connectivity index (χ3n) is 3.85. The Labute approximate surface area is 128 Å². The van der Waals surface area contributed by atoms with Crippen LogP contribution in [0.1, 0.15) is 52.6 Å². The second-order valence-electron chi connectivity index (χ2n) is 6.08. The van der Waals surface area contributed by atoms with Crippen molar-refractivity contribution in [3.05, 3.63) is 42.0 Å². The second-order valence-corrected chi connectivity index (χ2v) is 6.08. The van der Waals surface area contributed by atoms with Crippen LogP contribution in [0.25, 0.3) is 10.8 Å². The maximum absolute atomic E-state index is 6.27. The van der Waals surface area contributed by atoms with Gasteiger partial charge in [0.15, 0.2) is 0 Å². The SMILES string of the molecule is CCC(C)Oc1c(C(C)NC(C)C)ccc2ccccc12. The van der Waals surface area contributed by atoms with Crippen LogP contribution in [0.15, 0.2) is 36.4 Å². The quantitative estimate of drug-likeness (QED) is 0.799. The minimum atomic E-state index is 0.223. The van der Waals surface area contributed by atoms with E-state index in [2.05, 4.69) is 76.3 Å². The van der Waals surface area contributed by atoms with Gasteiger partial charge in [-0.25, -0.2) is 0 Å². The van der Waals surface area contributed by atoms with Crippen molar-refractivity contribution in [3.8, 4) is 5.75 Å². The van der Waals surface area contributed by atoms with Gasteiger partial charge in [-0.1, -0.05) is 57.2 Å². The average molecular weight is 285 g/mol. The molecular formula is C19H27NO. The molecule has 21 heavy (non-hydrogen) atoms. The Kier molecular flexibility index (Phi) is 5.24. The molecule has 2 atom stereocenters. The molecule has 2 aromatic carbocycles. The molecule has 0 aliphatic heterocycles. The summed E-state index contributed by atoms with van der Waals surface area (Å²) in [5.41, 5.74) is 1.24. The van der Waals surface area contributed by atoms with Crippen molar-refractivity contribution in [1.82, 2.24) is 5.32 Å². The van der Waals surface area contributed by atoms with Gasteiger partial charge in [0.25, 0.3) is 0 Å². The lowest BCUT2D eigenvalue weighted by Crippen LogP contribution is -2.26. The Balaban J connectivity index is 2.50.